The van der Waals surface area contributed by atoms with E-state index in [0.29, 0.717) is 6.61 Å². The SMILES string of the molecule is CCCCCCCCCCCCCCCCCCCCCC(=O)O[C@H](COCCCCCCCCCCCCCC)COP(=O)(O)OC[C@@H](O)CO. The third-order valence-corrected chi connectivity index (χ3v) is 10.7. The fraction of sp³-hybridized carbons (Fsp3) is 0.976. The zero-order chi connectivity index (χ0) is 38.2. The second kappa shape index (κ2) is 40.1. The molecule has 1 unspecified atom stereocenters. The first-order valence-electron chi connectivity index (χ1n) is 22.0. The fourth-order valence-corrected chi connectivity index (χ4v) is 7.21. The van der Waals surface area contributed by atoms with Gasteiger partial charge in [-0.25, -0.2) is 4.57 Å². The molecule has 0 bridgehead atoms. The Morgan fingerprint density at radius 1 is 0.519 bits per heavy atom. The van der Waals surface area contributed by atoms with E-state index in [0.717, 1.165) is 32.1 Å². The summed E-state index contributed by atoms with van der Waals surface area (Å²) < 4.78 is 33.3. The van der Waals surface area contributed by atoms with Crippen molar-refractivity contribution in [3.8, 4) is 0 Å². The summed E-state index contributed by atoms with van der Waals surface area (Å²) in [5.41, 5.74) is 0. The van der Waals surface area contributed by atoms with Crippen molar-refractivity contribution >= 4 is 13.8 Å². The maximum absolute atomic E-state index is 12.6. The molecule has 0 saturated heterocycles. The summed E-state index contributed by atoms with van der Waals surface area (Å²) in [5.74, 6) is -0.376. The summed E-state index contributed by atoms with van der Waals surface area (Å²) in [4.78, 5) is 22.6. The third-order valence-electron chi connectivity index (χ3n) is 9.79. The van der Waals surface area contributed by atoms with E-state index in [-0.39, 0.29) is 25.6 Å². The monoisotopic (exact) mass is 765 g/mol. The molecule has 0 aliphatic carbocycles. The van der Waals surface area contributed by atoms with Crippen molar-refractivity contribution in [1.29, 1.82) is 0 Å². The minimum Gasteiger partial charge on any atom is -0.457 e. The smallest absolute Gasteiger partial charge is 0.457 e. The van der Waals surface area contributed by atoms with Gasteiger partial charge in [0.15, 0.2) is 0 Å². The molecule has 0 amide bonds. The van der Waals surface area contributed by atoms with Gasteiger partial charge in [0, 0.05) is 13.0 Å². The lowest BCUT2D eigenvalue weighted by Crippen LogP contribution is -2.29. The van der Waals surface area contributed by atoms with Gasteiger partial charge in [0.05, 0.1) is 26.4 Å². The van der Waals surface area contributed by atoms with Crippen LogP contribution in [0.2, 0.25) is 0 Å². The number of carbonyl (C=O) groups excluding carboxylic acids is 1. The molecule has 0 radical (unpaired) electrons. The molecule has 0 heterocycles. The van der Waals surface area contributed by atoms with Crippen molar-refractivity contribution in [1.82, 2.24) is 0 Å². The molecule has 0 spiro atoms. The van der Waals surface area contributed by atoms with Crippen LogP contribution < -0.4 is 0 Å². The van der Waals surface area contributed by atoms with E-state index in [1.165, 1.54) is 167 Å². The fourth-order valence-electron chi connectivity index (χ4n) is 6.42. The Labute approximate surface area is 320 Å². The predicted molar refractivity (Wildman–Crippen MR) is 215 cm³/mol. The molecular formula is C42H85O9P. The van der Waals surface area contributed by atoms with Crippen molar-refractivity contribution in [2.24, 2.45) is 0 Å². The first kappa shape index (κ1) is 51.5. The molecule has 3 atom stereocenters. The van der Waals surface area contributed by atoms with Crippen LogP contribution in [-0.2, 0) is 27.9 Å². The number of ether oxygens (including phenoxy) is 2. The van der Waals surface area contributed by atoms with Crippen molar-refractivity contribution in [3.05, 3.63) is 0 Å². The van der Waals surface area contributed by atoms with Crippen LogP contribution in [0.25, 0.3) is 0 Å². The minimum atomic E-state index is -4.51. The van der Waals surface area contributed by atoms with Gasteiger partial charge in [0.25, 0.3) is 0 Å². The number of unbranched alkanes of at least 4 members (excludes halogenated alkanes) is 29. The van der Waals surface area contributed by atoms with Crippen molar-refractivity contribution in [2.45, 2.75) is 232 Å². The predicted octanol–water partition coefficient (Wildman–Crippen LogP) is 11.9. The molecule has 0 aromatic rings. The molecule has 0 fully saturated rings. The topological polar surface area (TPSA) is 132 Å². The molecule has 52 heavy (non-hydrogen) atoms. The Hall–Kier alpha value is -0.540. The van der Waals surface area contributed by atoms with Crippen molar-refractivity contribution in [3.63, 3.8) is 0 Å². The normalized spacial score (nSPS) is 14.0. The third kappa shape index (κ3) is 39.2. The standard InChI is InChI=1S/C42H85O9P/c1-3-5-7-9-11-13-15-17-18-19-20-21-22-23-24-26-28-30-32-34-42(45)51-41(39-50-52(46,47)49-37-40(44)36-43)38-48-35-33-31-29-27-25-16-14-12-10-8-6-4-2/h40-41,43-44H,3-39H2,1-2H3,(H,46,47)/t40-,41+/m0/s1. The Morgan fingerprint density at radius 3 is 1.25 bits per heavy atom. The molecule has 0 aromatic carbocycles. The molecule has 0 aliphatic rings. The quantitative estimate of drug-likeness (QED) is 0.0315. The van der Waals surface area contributed by atoms with Crippen LogP contribution in [0.15, 0.2) is 0 Å². The number of rotatable bonds is 43. The average molecular weight is 765 g/mol. The second-order valence-corrected chi connectivity index (χ2v) is 16.5. The van der Waals surface area contributed by atoms with Gasteiger partial charge in [-0.1, -0.05) is 200 Å². The van der Waals surface area contributed by atoms with Gasteiger partial charge in [-0.15, -0.1) is 0 Å². The van der Waals surface area contributed by atoms with E-state index in [1.54, 1.807) is 0 Å². The zero-order valence-electron chi connectivity index (χ0n) is 34.1. The molecule has 0 aromatic heterocycles. The van der Waals surface area contributed by atoms with E-state index in [9.17, 15) is 19.4 Å². The molecule has 0 rings (SSSR count). The highest BCUT2D eigenvalue weighted by Crippen LogP contribution is 2.43. The van der Waals surface area contributed by atoms with Gasteiger partial charge in [-0.05, 0) is 12.8 Å². The Morgan fingerprint density at radius 2 is 0.865 bits per heavy atom. The number of phosphoric ester groups is 1. The molecule has 3 N–H and O–H groups in total. The van der Waals surface area contributed by atoms with Gasteiger partial charge in [-0.2, -0.15) is 0 Å². The lowest BCUT2D eigenvalue weighted by Gasteiger charge is -2.20. The zero-order valence-corrected chi connectivity index (χ0v) is 35.0. The minimum absolute atomic E-state index is 0.0578. The second-order valence-electron chi connectivity index (χ2n) is 15.1. The van der Waals surface area contributed by atoms with Gasteiger partial charge in [-0.3, -0.25) is 13.8 Å². The summed E-state index contributed by atoms with van der Waals surface area (Å²) in [6.45, 7) is 3.57. The first-order chi connectivity index (χ1) is 25.3. The highest BCUT2D eigenvalue weighted by atomic mass is 31.2. The molecule has 0 saturated carbocycles. The molecule has 10 heteroatoms. The number of hydrogen-bond donors (Lipinski definition) is 3. The summed E-state index contributed by atoms with van der Waals surface area (Å²) >= 11 is 0. The lowest BCUT2D eigenvalue weighted by molar-refractivity contribution is -0.154. The van der Waals surface area contributed by atoms with Gasteiger partial charge in [0.2, 0.25) is 0 Å². The maximum atomic E-state index is 12.6. The van der Waals surface area contributed by atoms with Crippen LogP contribution in [0.3, 0.4) is 0 Å². The van der Waals surface area contributed by atoms with Crippen molar-refractivity contribution in [2.75, 3.05) is 33.0 Å². The van der Waals surface area contributed by atoms with Crippen molar-refractivity contribution < 1.29 is 43.0 Å². The maximum Gasteiger partial charge on any atom is 0.472 e. The molecule has 9 nitrogen and oxygen atoms in total. The number of hydrogen-bond acceptors (Lipinski definition) is 8. The molecule has 0 aliphatic heterocycles. The lowest BCUT2D eigenvalue weighted by atomic mass is 10.0. The Balaban J connectivity index is 4.07. The summed E-state index contributed by atoms with van der Waals surface area (Å²) in [6, 6.07) is 0. The molecular weight excluding hydrogens is 679 g/mol. The highest BCUT2D eigenvalue weighted by molar-refractivity contribution is 7.47. The average Bonchev–Trinajstić information content (AvgIpc) is 3.13. The van der Waals surface area contributed by atoms with Gasteiger partial charge >= 0.3 is 13.8 Å². The van der Waals surface area contributed by atoms with E-state index < -0.39 is 33.2 Å². The van der Waals surface area contributed by atoms with Gasteiger partial charge in [0.1, 0.15) is 12.2 Å². The van der Waals surface area contributed by atoms with Crippen LogP contribution in [0.5, 0.6) is 0 Å². The first-order valence-corrected chi connectivity index (χ1v) is 23.5. The molecule has 312 valence electrons. The van der Waals surface area contributed by atoms with Crippen LogP contribution in [0, 0.1) is 0 Å². The summed E-state index contributed by atoms with van der Waals surface area (Å²) in [7, 11) is -4.51. The van der Waals surface area contributed by atoms with E-state index in [2.05, 4.69) is 13.8 Å². The summed E-state index contributed by atoms with van der Waals surface area (Å²) in [5, 5.41) is 18.3. The van der Waals surface area contributed by atoms with E-state index in [4.69, 9.17) is 23.6 Å². The van der Waals surface area contributed by atoms with E-state index in [1.807, 2.05) is 0 Å². The Bertz CT molecular complexity index is 785. The largest absolute Gasteiger partial charge is 0.472 e. The van der Waals surface area contributed by atoms with Gasteiger partial charge < -0.3 is 24.6 Å². The van der Waals surface area contributed by atoms with E-state index >= 15 is 0 Å². The van der Waals surface area contributed by atoms with Crippen LogP contribution in [0.4, 0.5) is 0 Å². The Kier molecular flexibility index (Phi) is 39.7. The number of esters is 1. The summed E-state index contributed by atoms with van der Waals surface area (Å²) in [6.07, 6.45) is 37.7. The van der Waals surface area contributed by atoms with Crippen LogP contribution in [-0.4, -0.2) is 66.3 Å². The highest BCUT2D eigenvalue weighted by Gasteiger charge is 2.26. The van der Waals surface area contributed by atoms with Crippen LogP contribution in [0.1, 0.15) is 219 Å². The number of aliphatic hydroxyl groups is 2. The number of carbonyl (C=O) groups is 1. The number of aliphatic hydroxyl groups excluding tert-OH is 2. The number of phosphoric acid groups is 1. The van der Waals surface area contributed by atoms with Crippen LogP contribution >= 0.6 is 7.82 Å².